The maximum absolute atomic E-state index is 5.37. The largest absolute Gasteiger partial charge is 0.379 e. The molecule has 0 aromatic heterocycles. The van der Waals surface area contributed by atoms with Crippen LogP contribution < -0.4 is 5.32 Å². The first kappa shape index (κ1) is 10.4. The molecule has 1 heterocycles. The molecule has 1 aliphatic heterocycles. The van der Waals surface area contributed by atoms with Crippen LogP contribution in [0.2, 0.25) is 0 Å². The molecule has 0 aromatic carbocycles. The van der Waals surface area contributed by atoms with E-state index in [0.717, 1.165) is 26.3 Å². The highest BCUT2D eigenvalue weighted by molar-refractivity contribution is 4.92. The highest BCUT2D eigenvalue weighted by Gasteiger charge is 2.37. The van der Waals surface area contributed by atoms with Gasteiger partial charge in [-0.2, -0.15) is 0 Å². The standard InChI is InChI=1S/C11H22N2O/c1-12-9-11(3-2-4-11)10-13-5-7-14-8-6-13/h12H,2-10H2,1H3. The summed E-state index contributed by atoms with van der Waals surface area (Å²) in [5.41, 5.74) is 0.589. The average molecular weight is 198 g/mol. The molecule has 82 valence electrons. The van der Waals surface area contributed by atoms with E-state index in [4.69, 9.17) is 4.74 Å². The topological polar surface area (TPSA) is 24.5 Å². The minimum Gasteiger partial charge on any atom is -0.379 e. The lowest BCUT2D eigenvalue weighted by Crippen LogP contribution is -2.50. The van der Waals surface area contributed by atoms with E-state index in [1.54, 1.807) is 0 Å². The zero-order chi connectivity index (χ0) is 9.86. The normalized spacial score (nSPS) is 27.2. The minimum absolute atomic E-state index is 0.589. The molecule has 0 aromatic rings. The second-order valence-electron chi connectivity index (χ2n) is 4.77. The maximum Gasteiger partial charge on any atom is 0.0594 e. The Hall–Kier alpha value is -0.120. The summed E-state index contributed by atoms with van der Waals surface area (Å²) >= 11 is 0. The van der Waals surface area contributed by atoms with Gasteiger partial charge >= 0.3 is 0 Å². The van der Waals surface area contributed by atoms with E-state index < -0.39 is 0 Å². The van der Waals surface area contributed by atoms with Crippen molar-refractivity contribution < 1.29 is 4.74 Å². The van der Waals surface area contributed by atoms with Crippen LogP contribution in [0.3, 0.4) is 0 Å². The van der Waals surface area contributed by atoms with Crippen molar-refractivity contribution in [2.75, 3.05) is 46.4 Å². The third-order valence-electron chi connectivity index (χ3n) is 3.63. The summed E-state index contributed by atoms with van der Waals surface area (Å²) < 4.78 is 5.37. The van der Waals surface area contributed by atoms with Gasteiger partial charge in [-0.3, -0.25) is 4.90 Å². The van der Waals surface area contributed by atoms with Crippen molar-refractivity contribution in [3.8, 4) is 0 Å². The van der Waals surface area contributed by atoms with Gasteiger partial charge in [-0.25, -0.2) is 0 Å². The van der Waals surface area contributed by atoms with Crippen molar-refractivity contribution >= 4 is 0 Å². The lowest BCUT2D eigenvalue weighted by atomic mass is 9.68. The van der Waals surface area contributed by atoms with Gasteiger partial charge in [0.2, 0.25) is 0 Å². The predicted molar refractivity (Wildman–Crippen MR) is 57.5 cm³/mol. The maximum atomic E-state index is 5.37. The Labute approximate surface area is 86.8 Å². The molecule has 1 saturated carbocycles. The molecule has 2 fully saturated rings. The fraction of sp³-hybridized carbons (Fsp3) is 1.00. The predicted octanol–water partition coefficient (Wildman–Crippen LogP) is 0.708. The van der Waals surface area contributed by atoms with Gasteiger partial charge in [0.25, 0.3) is 0 Å². The number of ether oxygens (including phenoxy) is 1. The summed E-state index contributed by atoms with van der Waals surface area (Å²) in [7, 11) is 2.07. The van der Waals surface area contributed by atoms with Crippen LogP contribution in [0.15, 0.2) is 0 Å². The molecule has 0 radical (unpaired) electrons. The SMILES string of the molecule is CNCC1(CN2CCOCC2)CCC1. The second-order valence-corrected chi connectivity index (χ2v) is 4.77. The van der Waals surface area contributed by atoms with Gasteiger partial charge in [-0.05, 0) is 25.3 Å². The number of hydrogen-bond acceptors (Lipinski definition) is 3. The van der Waals surface area contributed by atoms with Crippen LogP contribution in [0.1, 0.15) is 19.3 Å². The smallest absolute Gasteiger partial charge is 0.0594 e. The number of rotatable bonds is 4. The molecule has 0 bridgehead atoms. The van der Waals surface area contributed by atoms with Gasteiger partial charge < -0.3 is 10.1 Å². The van der Waals surface area contributed by atoms with E-state index >= 15 is 0 Å². The van der Waals surface area contributed by atoms with Crippen molar-refractivity contribution in [2.45, 2.75) is 19.3 Å². The molecule has 1 aliphatic carbocycles. The van der Waals surface area contributed by atoms with Gasteiger partial charge in [0, 0.05) is 26.2 Å². The van der Waals surface area contributed by atoms with Crippen LogP contribution in [0.5, 0.6) is 0 Å². The third-order valence-corrected chi connectivity index (χ3v) is 3.63. The Morgan fingerprint density at radius 3 is 2.50 bits per heavy atom. The van der Waals surface area contributed by atoms with Crippen LogP contribution in [0.4, 0.5) is 0 Å². The molecular weight excluding hydrogens is 176 g/mol. The fourth-order valence-corrected chi connectivity index (χ4v) is 2.68. The van der Waals surface area contributed by atoms with Crippen LogP contribution in [0.25, 0.3) is 0 Å². The molecule has 0 atom stereocenters. The lowest BCUT2D eigenvalue weighted by molar-refractivity contribution is -0.00428. The average Bonchev–Trinajstić information content (AvgIpc) is 2.16. The van der Waals surface area contributed by atoms with Crippen molar-refractivity contribution in [2.24, 2.45) is 5.41 Å². The van der Waals surface area contributed by atoms with Gasteiger partial charge in [-0.15, -0.1) is 0 Å². The molecule has 1 N–H and O–H groups in total. The monoisotopic (exact) mass is 198 g/mol. The molecule has 1 saturated heterocycles. The van der Waals surface area contributed by atoms with E-state index in [2.05, 4.69) is 17.3 Å². The summed E-state index contributed by atoms with van der Waals surface area (Å²) in [6, 6.07) is 0. The van der Waals surface area contributed by atoms with Crippen molar-refractivity contribution in [1.82, 2.24) is 10.2 Å². The Morgan fingerprint density at radius 2 is 2.00 bits per heavy atom. The zero-order valence-corrected chi connectivity index (χ0v) is 9.22. The molecule has 14 heavy (non-hydrogen) atoms. The minimum atomic E-state index is 0.589. The van der Waals surface area contributed by atoms with Crippen molar-refractivity contribution in [3.05, 3.63) is 0 Å². The lowest BCUT2D eigenvalue weighted by Gasteiger charge is -2.46. The van der Waals surface area contributed by atoms with Gasteiger partial charge in [-0.1, -0.05) is 6.42 Å². The molecule has 0 amide bonds. The summed E-state index contributed by atoms with van der Waals surface area (Å²) in [6.45, 7) is 6.57. The molecule has 2 rings (SSSR count). The Bertz CT molecular complexity index is 174. The van der Waals surface area contributed by atoms with E-state index in [1.165, 1.54) is 32.4 Å². The first-order chi connectivity index (χ1) is 6.85. The quantitative estimate of drug-likeness (QED) is 0.720. The highest BCUT2D eigenvalue weighted by atomic mass is 16.5. The van der Waals surface area contributed by atoms with E-state index in [0.29, 0.717) is 5.41 Å². The van der Waals surface area contributed by atoms with Gasteiger partial charge in [0.1, 0.15) is 0 Å². The van der Waals surface area contributed by atoms with Crippen LogP contribution >= 0.6 is 0 Å². The van der Waals surface area contributed by atoms with Crippen LogP contribution in [0, 0.1) is 5.41 Å². The van der Waals surface area contributed by atoms with Crippen molar-refractivity contribution in [1.29, 1.82) is 0 Å². The van der Waals surface area contributed by atoms with Crippen molar-refractivity contribution in [3.63, 3.8) is 0 Å². The van der Waals surface area contributed by atoms with E-state index in [-0.39, 0.29) is 0 Å². The molecule has 3 nitrogen and oxygen atoms in total. The zero-order valence-electron chi connectivity index (χ0n) is 9.22. The second kappa shape index (κ2) is 4.60. The first-order valence-electron chi connectivity index (χ1n) is 5.79. The first-order valence-corrected chi connectivity index (χ1v) is 5.79. The van der Waals surface area contributed by atoms with Crippen LogP contribution in [-0.4, -0.2) is 51.3 Å². The fourth-order valence-electron chi connectivity index (χ4n) is 2.68. The molecule has 0 unspecified atom stereocenters. The third kappa shape index (κ3) is 2.27. The number of nitrogens with one attached hydrogen (secondary N) is 1. The summed E-state index contributed by atoms with van der Waals surface area (Å²) in [4.78, 5) is 2.57. The molecule has 0 spiro atoms. The van der Waals surface area contributed by atoms with E-state index in [1.807, 2.05) is 0 Å². The van der Waals surface area contributed by atoms with Crippen LogP contribution in [-0.2, 0) is 4.74 Å². The summed E-state index contributed by atoms with van der Waals surface area (Å²) in [5, 5.41) is 3.34. The molecule has 3 heteroatoms. The Morgan fingerprint density at radius 1 is 1.29 bits per heavy atom. The number of morpholine rings is 1. The van der Waals surface area contributed by atoms with Gasteiger partial charge in [0.15, 0.2) is 0 Å². The van der Waals surface area contributed by atoms with E-state index in [9.17, 15) is 0 Å². The molecular formula is C11H22N2O. The Balaban J connectivity index is 1.80. The summed E-state index contributed by atoms with van der Waals surface area (Å²) in [6.07, 6.45) is 4.24. The summed E-state index contributed by atoms with van der Waals surface area (Å²) in [5.74, 6) is 0. The number of hydrogen-bond donors (Lipinski definition) is 1. The van der Waals surface area contributed by atoms with Gasteiger partial charge in [0.05, 0.1) is 13.2 Å². The Kier molecular flexibility index (Phi) is 3.42. The number of nitrogens with zero attached hydrogens (tertiary/aromatic N) is 1. The molecule has 2 aliphatic rings. The highest BCUT2D eigenvalue weighted by Crippen LogP contribution is 2.41.